The maximum atomic E-state index is 11.7. The predicted octanol–water partition coefficient (Wildman–Crippen LogP) is -0.302. The number of carbonyl (C=O) groups is 3. The van der Waals surface area contributed by atoms with Crippen LogP contribution in [-0.2, 0) is 9.59 Å². The summed E-state index contributed by atoms with van der Waals surface area (Å²) in [5, 5.41) is 22.6. The monoisotopic (exact) mass is 287 g/mol. The lowest BCUT2D eigenvalue weighted by atomic mass is 10.1. The van der Waals surface area contributed by atoms with Crippen molar-refractivity contribution in [2.45, 2.75) is 37.8 Å². The number of nitrogens with zero attached hydrogens (tertiary/aromatic N) is 1. The van der Waals surface area contributed by atoms with E-state index in [4.69, 9.17) is 10.2 Å². The fourth-order valence-corrected chi connectivity index (χ4v) is 2.15. The quantitative estimate of drug-likeness (QED) is 0.510. The van der Waals surface area contributed by atoms with Gasteiger partial charge in [-0.2, -0.15) is 0 Å². The van der Waals surface area contributed by atoms with Gasteiger partial charge in [-0.25, -0.2) is 9.59 Å². The molecule has 0 bridgehead atoms. The van der Waals surface area contributed by atoms with E-state index in [1.807, 2.05) is 7.05 Å². The van der Waals surface area contributed by atoms with Crippen LogP contribution in [0.1, 0.15) is 25.7 Å². The van der Waals surface area contributed by atoms with Crippen molar-refractivity contribution in [2.75, 3.05) is 20.1 Å². The average Bonchev–Trinajstić information content (AvgIpc) is 2.72. The molecule has 0 aliphatic carbocycles. The number of likely N-dealkylation sites (tertiary alicyclic amines) is 1. The molecule has 1 rings (SSSR count). The van der Waals surface area contributed by atoms with Crippen molar-refractivity contribution in [1.29, 1.82) is 0 Å². The number of aliphatic carboxylic acids is 2. The molecule has 0 aromatic heterocycles. The van der Waals surface area contributed by atoms with E-state index in [-0.39, 0.29) is 25.3 Å². The Bertz CT molecular complexity index is 374. The molecule has 8 nitrogen and oxygen atoms in total. The molecule has 1 saturated heterocycles. The van der Waals surface area contributed by atoms with Crippen molar-refractivity contribution in [3.8, 4) is 0 Å². The Kier molecular flexibility index (Phi) is 6.23. The molecule has 1 heterocycles. The van der Waals surface area contributed by atoms with Crippen LogP contribution in [0.15, 0.2) is 0 Å². The second-order valence-corrected chi connectivity index (χ2v) is 5.04. The number of carboxylic acids is 2. The molecule has 2 amide bonds. The first-order chi connectivity index (χ1) is 9.38. The van der Waals surface area contributed by atoms with Gasteiger partial charge in [0.15, 0.2) is 0 Å². The van der Waals surface area contributed by atoms with Crippen LogP contribution in [-0.4, -0.2) is 65.3 Å². The molecule has 0 saturated carbocycles. The van der Waals surface area contributed by atoms with E-state index in [2.05, 4.69) is 15.5 Å². The molecule has 114 valence electrons. The molecule has 0 spiro atoms. The third kappa shape index (κ3) is 5.87. The van der Waals surface area contributed by atoms with Crippen LogP contribution in [0.4, 0.5) is 4.79 Å². The van der Waals surface area contributed by atoms with Gasteiger partial charge in [-0.3, -0.25) is 4.79 Å². The summed E-state index contributed by atoms with van der Waals surface area (Å²) >= 11 is 0. The Balaban J connectivity index is 2.34. The number of hydrogen-bond donors (Lipinski definition) is 4. The van der Waals surface area contributed by atoms with E-state index >= 15 is 0 Å². The zero-order valence-corrected chi connectivity index (χ0v) is 11.5. The lowest BCUT2D eigenvalue weighted by Gasteiger charge is -2.17. The van der Waals surface area contributed by atoms with Crippen LogP contribution in [0.2, 0.25) is 0 Å². The summed E-state index contributed by atoms with van der Waals surface area (Å²) in [5.41, 5.74) is 0. The van der Waals surface area contributed by atoms with Crippen LogP contribution < -0.4 is 10.6 Å². The van der Waals surface area contributed by atoms with Crippen molar-refractivity contribution in [1.82, 2.24) is 15.5 Å². The van der Waals surface area contributed by atoms with E-state index in [0.29, 0.717) is 0 Å². The Hall–Kier alpha value is -1.83. The number of rotatable bonds is 7. The van der Waals surface area contributed by atoms with E-state index in [1.165, 1.54) is 0 Å². The number of amides is 2. The zero-order chi connectivity index (χ0) is 15.1. The summed E-state index contributed by atoms with van der Waals surface area (Å²) in [4.78, 5) is 35.2. The second kappa shape index (κ2) is 7.68. The van der Waals surface area contributed by atoms with E-state index in [0.717, 1.165) is 19.5 Å². The summed E-state index contributed by atoms with van der Waals surface area (Å²) in [6.45, 7) is 1.64. The normalized spacial score (nSPS) is 20.4. The third-order valence-electron chi connectivity index (χ3n) is 3.21. The largest absolute Gasteiger partial charge is 0.481 e. The Morgan fingerprint density at radius 1 is 1.35 bits per heavy atom. The Labute approximate surface area is 117 Å². The smallest absolute Gasteiger partial charge is 0.326 e. The predicted molar refractivity (Wildman–Crippen MR) is 70.5 cm³/mol. The van der Waals surface area contributed by atoms with Gasteiger partial charge in [0.2, 0.25) is 0 Å². The van der Waals surface area contributed by atoms with E-state index in [1.54, 1.807) is 0 Å². The molecule has 0 radical (unpaired) electrons. The molecule has 0 aromatic rings. The summed E-state index contributed by atoms with van der Waals surface area (Å²) in [5.74, 6) is -2.14. The van der Waals surface area contributed by atoms with Gasteiger partial charge in [0, 0.05) is 19.0 Å². The first-order valence-corrected chi connectivity index (χ1v) is 6.58. The second-order valence-electron chi connectivity index (χ2n) is 5.04. The van der Waals surface area contributed by atoms with Gasteiger partial charge in [-0.05, 0) is 32.9 Å². The summed E-state index contributed by atoms with van der Waals surface area (Å²) in [6, 6.07) is -1.56. The van der Waals surface area contributed by atoms with Crippen LogP contribution in [0.5, 0.6) is 0 Å². The van der Waals surface area contributed by atoms with Gasteiger partial charge in [-0.15, -0.1) is 0 Å². The first-order valence-electron chi connectivity index (χ1n) is 6.58. The minimum absolute atomic E-state index is 0.0217. The molecule has 1 aliphatic heterocycles. The van der Waals surface area contributed by atoms with Crippen LogP contribution >= 0.6 is 0 Å². The highest BCUT2D eigenvalue weighted by atomic mass is 16.4. The Morgan fingerprint density at radius 3 is 2.55 bits per heavy atom. The molecule has 1 fully saturated rings. The van der Waals surface area contributed by atoms with E-state index in [9.17, 15) is 14.4 Å². The molecule has 20 heavy (non-hydrogen) atoms. The number of nitrogens with one attached hydrogen (secondary N) is 2. The highest BCUT2D eigenvalue weighted by Crippen LogP contribution is 2.06. The Morgan fingerprint density at radius 2 is 2.05 bits per heavy atom. The summed E-state index contributed by atoms with van der Waals surface area (Å²) in [7, 11) is 1.95. The SMILES string of the molecule is CN1CCC(NC(=O)N[C@H](CCCC(=O)O)C(=O)O)C1. The average molecular weight is 287 g/mol. The van der Waals surface area contributed by atoms with Crippen molar-refractivity contribution in [3.63, 3.8) is 0 Å². The fraction of sp³-hybridized carbons (Fsp3) is 0.750. The fourth-order valence-electron chi connectivity index (χ4n) is 2.15. The zero-order valence-electron chi connectivity index (χ0n) is 11.5. The number of carbonyl (C=O) groups excluding carboxylic acids is 1. The van der Waals surface area contributed by atoms with Crippen LogP contribution in [0, 0.1) is 0 Å². The molecule has 1 unspecified atom stereocenters. The molecule has 4 N–H and O–H groups in total. The third-order valence-corrected chi connectivity index (χ3v) is 3.21. The first kappa shape index (κ1) is 16.2. The van der Waals surface area contributed by atoms with Crippen molar-refractivity contribution >= 4 is 18.0 Å². The highest BCUT2D eigenvalue weighted by Gasteiger charge is 2.24. The van der Waals surface area contributed by atoms with Gasteiger partial charge in [0.05, 0.1) is 0 Å². The molecule has 1 aliphatic rings. The van der Waals surface area contributed by atoms with Gasteiger partial charge in [-0.1, -0.05) is 0 Å². The molecule has 2 atom stereocenters. The van der Waals surface area contributed by atoms with Crippen LogP contribution in [0.3, 0.4) is 0 Å². The highest BCUT2D eigenvalue weighted by molar-refractivity contribution is 5.82. The van der Waals surface area contributed by atoms with Gasteiger partial charge in [0.1, 0.15) is 6.04 Å². The minimum Gasteiger partial charge on any atom is -0.481 e. The maximum absolute atomic E-state index is 11.7. The maximum Gasteiger partial charge on any atom is 0.326 e. The number of urea groups is 1. The molecular formula is C12H21N3O5. The van der Waals surface area contributed by atoms with Crippen molar-refractivity contribution in [2.24, 2.45) is 0 Å². The van der Waals surface area contributed by atoms with Crippen LogP contribution in [0.25, 0.3) is 0 Å². The van der Waals surface area contributed by atoms with Crippen molar-refractivity contribution < 1.29 is 24.6 Å². The lowest BCUT2D eigenvalue weighted by Crippen LogP contribution is -2.49. The number of likely N-dealkylation sites (N-methyl/N-ethyl adjacent to an activating group) is 1. The van der Waals surface area contributed by atoms with Gasteiger partial charge >= 0.3 is 18.0 Å². The standard InChI is InChI=1S/C12H21N3O5/c1-15-6-5-8(7-15)13-12(20)14-9(11(18)19)3-2-4-10(16)17/h8-9H,2-7H2,1H3,(H,16,17)(H,18,19)(H2,13,14,20)/t8?,9-/m1/s1. The number of carboxylic acid groups (broad SMARTS) is 2. The summed E-state index contributed by atoms with van der Waals surface area (Å²) in [6.07, 6.45) is 1.03. The lowest BCUT2D eigenvalue weighted by molar-refractivity contribution is -0.140. The minimum atomic E-state index is -1.16. The van der Waals surface area contributed by atoms with Gasteiger partial charge < -0.3 is 25.7 Å². The summed E-state index contributed by atoms with van der Waals surface area (Å²) < 4.78 is 0. The molecule has 0 aromatic carbocycles. The topological polar surface area (TPSA) is 119 Å². The molecule has 8 heteroatoms. The number of hydrogen-bond acceptors (Lipinski definition) is 4. The molecular weight excluding hydrogens is 266 g/mol. The van der Waals surface area contributed by atoms with E-state index < -0.39 is 24.0 Å². The van der Waals surface area contributed by atoms with Crippen molar-refractivity contribution in [3.05, 3.63) is 0 Å². The van der Waals surface area contributed by atoms with Gasteiger partial charge in [0.25, 0.3) is 0 Å².